The summed E-state index contributed by atoms with van der Waals surface area (Å²) in [6, 6.07) is 6.02. The number of amides is 1. The second kappa shape index (κ2) is 5.72. The standard InChI is InChI=1S/C17H21N3O/c1-12-6-5-7-13(2)17(12)18-16(21)11-20-10-14-8-3-4-9-15(14)19-20/h5-7,10H,3-4,8-9,11H2,1-2H3,(H,18,21). The molecule has 1 aromatic carbocycles. The van der Waals surface area contributed by atoms with Gasteiger partial charge < -0.3 is 5.32 Å². The van der Waals surface area contributed by atoms with Crippen LogP contribution in [-0.2, 0) is 24.2 Å². The van der Waals surface area contributed by atoms with Gasteiger partial charge in [-0.05, 0) is 56.2 Å². The van der Waals surface area contributed by atoms with Crippen molar-refractivity contribution >= 4 is 11.6 Å². The van der Waals surface area contributed by atoms with E-state index in [4.69, 9.17) is 0 Å². The predicted octanol–water partition coefficient (Wildman–Crippen LogP) is 3.02. The molecule has 0 fully saturated rings. The molecule has 0 unspecified atom stereocenters. The summed E-state index contributed by atoms with van der Waals surface area (Å²) in [5, 5.41) is 7.54. The maximum atomic E-state index is 12.2. The van der Waals surface area contributed by atoms with Crippen LogP contribution in [0.15, 0.2) is 24.4 Å². The molecule has 1 aliphatic carbocycles. The molecule has 0 radical (unpaired) electrons. The summed E-state index contributed by atoms with van der Waals surface area (Å²) in [7, 11) is 0. The second-order valence-electron chi connectivity index (χ2n) is 5.82. The number of rotatable bonds is 3. The predicted molar refractivity (Wildman–Crippen MR) is 83.4 cm³/mol. The lowest BCUT2D eigenvalue weighted by molar-refractivity contribution is -0.116. The Hall–Kier alpha value is -2.10. The van der Waals surface area contributed by atoms with Crippen LogP contribution in [0.3, 0.4) is 0 Å². The number of hydrogen-bond acceptors (Lipinski definition) is 2. The molecule has 0 saturated heterocycles. The fourth-order valence-corrected chi connectivity index (χ4v) is 2.95. The fourth-order valence-electron chi connectivity index (χ4n) is 2.95. The van der Waals surface area contributed by atoms with Crippen LogP contribution in [0.1, 0.15) is 35.2 Å². The molecule has 1 amide bonds. The molecular weight excluding hydrogens is 262 g/mol. The average Bonchev–Trinajstić information content (AvgIpc) is 2.85. The molecule has 0 spiro atoms. The lowest BCUT2D eigenvalue weighted by atomic mass is 9.99. The highest BCUT2D eigenvalue weighted by Gasteiger charge is 2.15. The van der Waals surface area contributed by atoms with E-state index in [9.17, 15) is 4.79 Å². The number of anilines is 1. The molecule has 3 rings (SSSR count). The second-order valence-corrected chi connectivity index (χ2v) is 5.82. The third-order valence-electron chi connectivity index (χ3n) is 4.09. The number of nitrogens with zero attached hydrogens (tertiary/aromatic N) is 2. The van der Waals surface area contributed by atoms with Crippen LogP contribution in [0.4, 0.5) is 5.69 Å². The summed E-state index contributed by atoms with van der Waals surface area (Å²) in [5.41, 5.74) is 5.56. The van der Waals surface area contributed by atoms with Crippen molar-refractivity contribution in [3.8, 4) is 0 Å². The van der Waals surface area contributed by atoms with Crippen LogP contribution in [0.25, 0.3) is 0 Å². The molecule has 1 N–H and O–H groups in total. The molecule has 1 aromatic heterocycles. The van der Waals surface area contributed by atoms with Gasteiger partial charge >= 0.3 is 0 Å². The molecule has 110 valence electrons. The highest BCUT2D eigenvalue weighted by atomic mass is 16.2. The molecule has 0 aliphatic heterocycles. The average molecular weight is 283 g/mol. The van der Waals surface area contributed by atoms with E-state index in [1.807, 2.05) is 38.2 Å². The van der Waals surface area contributed by atoms with Crippen molar-refractivity contribution in [2.24, 2.45) is 0 Å². The van der Waals surface area contributed by atoms with Gasteiger partial charge in [-0.15, -0.1) is 0 Å². The summed E-state index contributed by atoms with van der Waals surface area (Å²) in [6.45, 7) is 4.30. The Kier molecular flexibility index (Phi) is 3.78. The van der Waals surface area contributed by atoms with Crippen molar-refractivity contribution in [3.05, 3.63) is 46.8 Å². The Bertz CT molecular complexity index is 629. The van der Waals surface area contributed by atoms with E-state index < -0.39 is 0 Å². The van der Waals surface area contributed by atoms with E-state index in [1.165, 1.54) is 24.1 Å². The van der Waals surface area contributed by atoms with Crippen LogP contribution >= 0.6 is 0 Å². The van der Waals surface area contributed by atoms with Crippen LogP contribution in [0.2, 0.25) is 0 Å². The molecule has 4 nitrogen and oxygen atoms in total. The Morgan fingerprint density at radius 3 is 2.67 bits per heavy atom. The van der Waals surface area contributed by atoms with E-state index >= 15 is 0 Å². The first-order valence-corrected chi connectivity index (χ1v) is 7.55. The third-order valence-corrected chi connectivity index (χ3v) is 4.09. The molecule has 21 heavy (non-hydrogen) atoms. The van der Waals surface area contributed by atoms with Crippen molar-refractivity contribution in [1.82, 2.24) is 9.78 Å². The van der Waals surface area contributed by atoms with Crippen molar-refractivity contribution in [2.75, 3.05) is 5.32 Å². The van der Waals surface area contributed by atoms with Gasteiger partial charge in [0.15, 0.2) is 0 Å². The van der Waals surface area contributed by atoms with Gasteiger partial charge in [0, 0.05) is 11.9 Å². The smallest absolute Gasteiger partial charge is 0.246 e. The Balaban J connectivity index is 1.70. The Morgan fingerprint density at radius 1 is 1.24 bits per heavy atom. The quantitative estimate of drug-likeness (QED) is 0.941. The molecule has 1 aliphatic rings. The maximum Gasteiger partial charge on any atom is 0.246 e. The number of aryl methyl sites for hydroxylation is 4. The number of para-hydroxylation sites is 1. The highest BCUT2D eigenvalue weighted by molar-refractivity contribution is 5.92. The summed E-state index contributed by atoms with van der Waals surface area (Å²) in [4.78, 5) is 12.2. The summed E-state index contributed by atoms with van der Waals surface area (Å²) in [6.07, 6.45) is 6.60. The molecular formula is C17H21N3O. The van der Waals surface area contributed by atoms with Crippen molar-refractivity contribution < 1.29 is 4.79 Å². The lowest BCUT2D eigenvalue weighted by Crippen LogP contribution is -2.20. The number of aromatic nitrogens is 2. The summed E-state index contributed by atoms with van der Waals surface area (Å²) in [5.74, 6) is -0.0211. The third kappa shape index (κ3) is 2.99. The van der Waals surface area contributed by atoms with E-state index in [0.717, 1.165) is 29.7 Å². The van der Waals surface area contributed by atoms with Crippen LogP contribution in [-0.4, -0.2) is 15.7 Å². The van der Waals surface area contributed by atoms with E-state index in [2.05, 4.69) is 10.4 Å². The molecule has 0 atom stereocenters. The molecule has 1 heterocycles. The van der Waals surface area contributed by atoms with Crippen molar-refractivity contribution in [3.63, 3.8) is 0 Å². The van der Waals surface area contributed by atoms with Gasteiger partial charge in [0.25, 0.3) is 0 Å². The molecule has 0 saturated carbocycles. The van der Waals surface area contributed by atoms with Gasteiger partial charge in [-0.25, -0.2) is 0 Å². The van der Waals surface area contributed by atoms with Gasteiger partial charge in [0.2, 0.25) is 5.91 Å². The van der Waals surface area contributed by atoms with Gasteiger partial charge in [-0.3, -0.25) is 9.48 Å². The van der Waals surface area contributed by atoms with Crippen LogP contribution < -0.4 is 5.32 Å². The first-order valence-electron chi connectivity index (χ1n) is 7.55. The summed E-state index contributed by atoms with van der Waals surface area (Å²) >= 11 is 0. The molecule has 4 heteroatoms. The number of hydrogen-bond donors (Lipinski definition) is 1. The minimum Gasteiger partial charge on any atom is -0.324 e. The van der Waals surface area contributed by atoms with Gasteiger partial charge in [-0.2, -0.15) is 5.10 Å². The first-order chi connectivity index (χ1) is 10.1. The van der Waals surface area contributed by atoms with E-state index in [1.54, 1.807) is 4.68 Å². The van der Waals surface area contributed by atoms with E-state index in [0.29, 0.717) is 0 Å². The molecule has 2 aromatic rings. The van der Waals surface area contributed by atoms with Gasteiger partial charge in [0.05, 0.1) is 5.69 Å². The minimum atomic E-state index is -0.0211. The van der Waals surface area contributed by atoms with Crippen LogP contribution in [0, 0.1) is 13.8 Å². The van der Waals surface area contributed by atoms with Gasteiger partial charge in [0.1, 0.15) is 6.54 Å². The topological polar surface area (TPSA) is 46.9 Å². The maximum absolute atomic E-state index is 12.2. The van der Waals surface area contributed by atoms with Crippen molar-refractivity contribution in [2.45, 2.75) is 46.1 Å². The van der Waals surface area contributed by atoms with Crippen LogP contribution in [0.5, 0.6) is 0 Å². The monoisotopic (exact) mass is 283 g/mol. The number of carbonyl (C=O) groups is 1. The fraction of sp³-hybridized carbons (Fsp3) is 0.412. The zero-order chi connectivity index (χ0) is 14.8. The van der Waals surface area contributed by atoms with Crippen molar-refractivity contribution in [1.29, 1.82) is 0 Å². The number of fused-ring (bicyclic) bond motifs is 1. The Morgan fingerprint density at radius 2 is 1.95 bits per heavy atom. The number of nitrogens with one attached hydrogen (secondary N) is 1. The first kappa shape index (κ1) is 13.9. The summed E-state index contributed by atoms with van der Waals surface area (Å²) < 4.78 is 1.78. The number of benzene rings is 1. The zero-order valence-corrected chi connectivity index (χ0v) is 12.6. The number of carbonyl (C=O) groups excluding carboxylic acids is 1. The normalized spacial score (nSPS) is 13.8. The lowest BCUT2D eigenvalue weighted by Gasteiger charge is -2.11. The van der Waals surface area contributed by atoms with E-state index in [-0.39, 0.29) is 12.5 Å². The SMILES string of the molecule is Cc1cccc(C)c1NC(=O)Cn1cc2c(n1)CCCC2. The largest absolute Gasteiger partial charge is 0.324 e. The minimum absolute atomic E-state index is 0.0211. The highest BCUT2D eigenvalue weighted by Crippen LogP contribution is 2.21. The molecule has 0 bridgehead atoms. The zero-order valence-electron chi connectivity index (χ0n) is 12.6. The van der Waals surface area contributed by atoms with Gasteiger partial charge in [-0.1, -0.05) is 18.2 Å². The Labute approximate surface area is 125 Å².